The average molecular weight is 440 g/mol. The summed E-state index contributed by atoms with van der Waals surface area (Å²) in [5.74, 6) is 0.162. The molecule has 1 amide bonds. The Morgan fingerprint density at radius 2 is 1.91 bits per heavy atom. The van der Waals surface area contributed by atoms with Crippen LogP contribution in [0.1, 0.15) is 86.5 Å². The van der Waals surface area contributed by atoms with Crippen LogP contribution in [0, 0.1) is 13.8 Å². The number of nitrogens with zero attached hydrogens (tertiary/aromatic N) is 4. The van der Waals surface area contributed by atoms with Crippen LogP contribution in [0.3, 0.4) is 0 Å². The predicted molar refractivity (Wildman–Crippen MR) is 124 cm³/mol. The molecule has 0 spiro atoms. The first-order chi connectivity index (χ1) is 15.6. The molecule has 2 aromatic rings. The van der Waals surface area contributed by atoms with E-state index in [0.717, 1.165) is 80.2 Å². The smallest absolute Gasteiger partial charge is 0.220 e. The standard InChI is InChI=1S/C25H37N5O2/c1-17-21(9-10-25(31)27-19-6-3-4-7-19)18(2)30-24(26-17)16-22(28-30)23-8-5-13-29(23)20-11-14-32-15-12-20/h16,19-20,23H,3-15H2,1-2H3,(H,27,31)/t23-/m0/s1. The van der Waals surface area contributed by atoms with Gasteiger partial charge in [0.05, 0.1) is 11.7 Å². The molecule has 1 N–H and O–H groups in total. The van der Waals surface area contributed by atoms with Gasteiger partial charge in [-0.2, -0.15) is 5.10 Å². The Morgan fingerprint density at radius 1 is 1.12 bits per heavy atom. The molecule has 1 aliphatic carbocycles. The number of amides is 1. The van der Waals surface area contributed by atoms with Crippen molar-refractivity contribution in [2.75, 3.05) is 19.8 Å². The fourth-order valence-corrected chi connectivity index (χ4v) is 6.04. The summed E-state index contributed by atoms with van der Waals surface area (Å²) in [6, 6.07) is 3.54. The lowest BCUT2D eigenvalue weighted by Crippen LogP contribution is -2.39. The number of nitrogens with one attached hydrogen (secondary N) is 1. The number of aromatic nitrogens is 3. The fourth-order valence-electron chi connectivity index (χ4n) is 6.04. The zero-order valence-electron chi connectivity index (χ0n) is 19.6. The molecule has 2 saturated heterocycles. The number of hydrogen-bond donors (Lipinski definition) is 1. The van der Waals surface area contributed by atoms with Crippen LogP contribution in [0.5, 0.6) is 0 Å². The minimum Gasteiger partial charge on any atom is -0.381 e. The molecular formula is C25H37N5O2. The van der Waals surface area contributed by atoms with Crippen molar-refractivity contribution in [3.05, 3.63) is 28.7 Å². The Bertz CT molecular complexity index is 959. The van der Waals surface area contributed by atoms with Gasteiger partial charge in [0.2, 0.25) is 5.91 Å². The van der Waals surface area contributed by atoms with Crippen molar-refractivity contribution < 1.29 is 9.53 Å². The van der Waals surface area contributed by atoms with Gasteiger partial charge in [-0.1, -0.05) is 12.8 Å². The fraction of sp³-hybridized carbons (Fsp3) is 0.720. The van der Waals surface area contributed by atoms with Gasteiger partial charge in [-0.3, -0.25) is 9.69 Å². The Labute approximate surface area is 190 Å². The summed E-state index contributed by atoms with van der Waals surface area (Å²) >= 11 is 0. The third kappa shape index (κ3) is 4.42. The Balaban J connectivity index is 1.32. The van der Waals surface area contributed by atoms with Gasteiger partial charge >= 0.3 is 0 Å². The molecule has 1 atom stereocenters. The van der Waals surface area contributed by atoms with Gasteiger partial charge < -0.3 is 10.1 Å². The SMILES string of the molecule is Cc1nc2cc([C@@H]3CCCN3C3CCOCC3)nn2c(C)c1CCC(=O)NC1CCCC1. The zero-order chi connectivity index (χ0) is 22.1. The molecule has 4 heterocycles. The van der Waals surface area contributed by atoms with Crippen molar-refractivity contribution in [3.8, 4) is 0 Å². The minimum absolute atomic E-state index is 0.162. The van der Waals surface area contributed by atoms with E-state index in [1.165, 1.54) is 19.3 Å². The molecule has 3 aliphatic rings. The number of fused-ring (bicyclic) bond motifs is 1. The molecule has 1 saturated carbocycles. The molecule has 0 aromatic carbocycles. The van der Waals surface area contributed by atoms with Crippen molar-refractivity contribution in [1.29, 1.82) is 0 Å². The average Bonchev–Trinajstić information content (AvgIpc) is 3.54. The van der Waals surface area contributed by atoms with E-state index in [-0.39, 0.29) is 5.91 Å². The molecule has 174 valence electrons. The highest BCUT2D eigenvalue weighted by Crippen LogP contribution is 2.36. The Morgan fingerprint density at radius 3 is 2.69 bits per heavy atom. The monoisotopic (exact) mass is 439 g/mol. The van der Waals surface area contributed by atoms with Crippen LogP contribution in [-0.4, -0.2) is 57.2 Å². The largest absolute Gasteiger partial charge is 0.381 e. The van der Waals surface area contributed by atoms with Crippen LogP contribution in [0.25, 0.3) is 5.65 Å². The van der Waals surface area contributed by atoms with Crippen LogP contribution in [0.4, 0.5) is 0 Å². The lowest BCUT2D eigenvalue weighted by Gasteiger charge is -2.34. The topological polar surface area (TPSA) is 71.8 Å². The normalized spacial score (nSPS) is 23.4. The molecule has 2 aliphatic heterocycles. The van der Waals surface area contributed by atoms with Crippen LogP contribution in [-0.2, 0) is 16.0 Å². The van der Waals surface area contributed by atoms with Crippen LogP contribution in [0.15, 0.2) is 6.07 Å². The number of likely N-dealkylation sites (tertiary alicyclic amines) is 1. The summed E-state index contributed by atoms with van der Waals surface area (Å²) in [5.41, 5.74) is 5.35. The van der Waals surface area contributed by atoms with E-state index in [1.54, 1.807) is 0 Å². The van der Waals surface area contributed by atoms with E-state index < -0.39 is 0 Å². The summed E-state index contributed by atoms with van der Waals surface area (Å²) in [7, 11) is 0. The van der Waals surface area contributed by atoms with Crippen molar-refractivity contribution in [2.45, 2.75) is 96.2 Å². The maximum absolute atomic E-state index is 12.5. The zero-order valence-corrected chi connectivity index (χ0v) is 19.6. The number of carbonyl (C=O) groups is 1. The highest BCUT2D eigenvalue weighted by molar-refractivity contribution is 5.76. The van der Waals surface area contributed by atoms with Gasteiger partial charge in [-0.15, -0.1) is 0 Å². The molecule has 0 unspecified atom stereocenters. The van der Waals surface area contributed by atoms with Gasteiger partial charge in [-0.05, 0) is 70.9 Å². The maximum atomic E-state index is 12.5. The lowest BCUT2D eigenvalue weighted by molar-refractivity contribution is -0.121. The number of hydrogen-bond acceptors (Lipinski definition) is 5. The number of aryl methyl sites for hydroxylation is 2. The molecule has 7 nitrogen and oxygen atoms in total. The summed E-state index contributed by atoms with van der Waals surface area (Å²) in [5, 5.41) is 8.24. The van der Waals surface area contributed by atoms with E-state index in [4.69, 9.17) is 14.8 Å². The molecule has 32 heavy (non-hydrogen) atoms. The summed E-state index contributed by atoms with van der Waals surface area (Å²) in [4.78, 5) is 20.0. The summed E-state index contributed by atoms with van der Waals surface area (Å²) in [6.07, 6.45) is 10.6. The Kier molecular flexibility index (Phi) is 6.47. The van der Waals surface area contributed by atoms with Gasteiger partial charge in [0.25, 0.3) is 0 Å². The van der Waals surface area contributed by atoms with E-state index >= 15 is 0 Å². The van der Waals surface area contributed by atoms with Crippen molar-refractivity contribution in [1.82, 2.24) is 24.8 Å². The second kappa shape index (κ2) is 9.48. The third-order valence-electron chi connectivity index (χ3n) is 7.80. The molecule has 0 bridgehead atoms. The van der Waals surface area contributed by atoms with Crippen LogP contribution < -0.4 is 5.32 Å². The van der Waals surface area contributed by atoms with E-state index in [1.807, 2.05) is 4.52 Å². The third-order valence-corrected chi connectivity index (χ3v) is 7.80. The van der Waals surface area contributed by atoms with Gasteiger partial charge in [0, 0.05) is 49.2 Å². The Hall–Kier alpha value is -1.99. The number of carbonyl (C=O) groups excluding carboxylic acids is 1. The molecular weight excluding hydrogens is 402 g/mol. The lowest BCUT2D eigenvalue weighted by atomic mass is 10.0. The molecule has 7 heteroatoms. The maximum Gasteiger partial charge on any atom is 0.220 e. The first-order valence-corrected chi connectivity index (χ1v) is 12.6. The number of rotatable bonds is 6. The second-order valence-corrected chi connectivity index (χ2v) is 9.89. The highest BCUT2D eigenvalue weighted by Gasteiger charge is 2.34. The van der Waals surface area contributed by atoms with Crippen molar-refractivity contribution in [2.24, 2.45) is 0 Å². The van der Waals surface area contributed by atoms with Crippen molar-refractivity contribution in [3.63, 3.8) is 0 Å². The highest BCUT2D eigenvalue weighted by atomic mass is 16.5. The van der Waals surface area contributed by atoms with E-state index in [9.17, 15) is 4.79 Å². The van der Waals surface area contributed by atoms with Gasteiger partial charge in [0.1, 0.15) is 0 Å². The van der Waals surface area contributed by atoms with Gasteiger partial charge in [-0.25, -0.2) is 9.50 Å². The summed E-state index contributed by atoms with van der Waals surface area (Å²) < 4.78 is 7.59. The molecule has 0 radical (unpaired) electrons. The summed E-state index contributed by atoms with van der Waals surface area (Å²) in [6.45, 7) is 7.07. The second-order valence-electron chi connectivity index (χ2n) is 9.89. The van der Waals surface area contributed by atoms with Crippen LogP contribution >= 0.6 is 0 Å². The van der Waals surface area contributed by atoms with Gasteiger partial charge in [0.15, 0.2) is 5.65 Å². The van der Waals surface area contributed by atoms with Crippen molar-refractivity contribution >= 4 is 11.6 Å². The first kappa shape index (κ1) is 21.8. The minimum atomic E-state index is 0.162. The number of ether oxygens (including phenoxy) is 1. The van der Waals surface area contributed by atoms with E-state index in [2.05, 4.69) is 30.1 Å². The molecule has 2 aromatic heterocycles. The quantitative estimate of drug-likeness (QED) is 0.744. The van der Waals surface area contributed by atoms with Crippen LogP contribution in [0.2, 0.25) is 0 Å². The van der Waals surface area contributed by atoms with E-state index in [0.29, 0.717) is 31.0 Å². The first-order valence-electron chi connectivity index (χ1n) is 12.6. The molecule has 5 rings (SSSR count). The predicted octanol–water partition coefficient (Wildman–Crippen LogP) is 3.65. The molecule has 3 fully saturated rings.